The average Bonchev–Trinajstić information content (AvgIpc) is 2.80. The van der Waals surface area contributed by atoms with Gasteiger partial charge in [-0.15, -0.1) is 0 Å². The summed E-state index contributed by atoms with van der Waals surface area (Å²) >= 11 is 0. The summed E-state index contributed by atoms with van der Waals surface area (Å²) in [6.45, 7) is -0.0692. The number of pyridine rings is 2. The van der Waals surface area contributed by atoms with Crippen molar-refractivity contribution in [3.8, 4) is 11.1 Å². The minimum atomic E-state index is -3.61. The lowest BCUT2D eigenvalue weighted by molar-refractivity contribution is 0.0696. The van der Waals surface area contributed by atoms with Gasteiger partial charge in [-0.3, -0.25) is 4.79 Å². The second kappa shape index (κ2) is 7.29. The van der Waals surface area contributed by atoms with Crippen LogP contribution < -0.4 is 10.5 Å². The molecule has 0 radical (unpaired) electrons. The van der Waals surface area contributed by atoms with E-state index in [9.17, 15) is 31.9 Å². The third-order valence-corrected chi connectivity index (χ3v) is 6.53. The highest BCUT2D eigenvalue weighted by Crippen LogP contribution is 2.46. The predicted octanol–water partition coefficient (Wildman–Crippen LogP) is 2.55. The molecule has 0 amide bonds. The number of carboxylic acid groups (broad SMARTS) is 1. The third kappa shape index (κ3) is 3.37. The van der Waals surface area contributed by atoms with Gasteiger partial charge in [-0.25, -0.2) is 32.0 Å². The summed E-state index contributed by atoms with van der Waals surface area (Å²) in [7, 11) is -2.08. The Hall–Kier alpha value is -3.93. The first-order valence-electron chi connectivity index (χ1n) is 9.93. The molecular weight excluding hydrogens is 470 g/mol. The molecule has 9 nitrogen and oxygen atoms in total. The number of anilines is 2. The van der Waals surface area contributed by atoms with Crippen LogP contribution >= 0.6 is 0 Å². The molecule has 4 heterocycles. The van der Waals surface area contributed by atoms with Crippen LogP contribution in [0.4, 0.5) is 26.0 Å². The Labute approximate surface area is 191 Å². The van der Waals surface area contributed by atoms with E-state index in [0.717, 1.165) is 12.5 Å². The fourth-order valence-corrected chi connectivity index (χ4v) is 5.08. The summed E-state index contributed by atoms with van der Waals surface area (Å²) in [5.74, 6) is -4.06. The number of hydrogen-bond acceptors (Lipinski definition) is 7. The Bertz CT molecular complexity index is 1630. The number of halogens is 2. The maximum atomic E-state index is 14.8. The van der Waals surface area contributed by atoms with Crippen molar-refractivity contribution in [3.63, 3.8) is 0 Å². The van der Waals surface area contributed by atoms with E-state index < -0.39 is 33.2 Å². The summed E-state index contributed by atoms with van der Waals surface area (Å²) in [6, 6.07) is 3.31. The number of aryl methyl sites for hydroxylation is 1. The van der Waals surface area contributed by atoms with Crippen LogP contribution in [0.1, 0.15) is 21.5 Å². The number of carbonyl (C=O) groups is 1. The van der Waals surface area contributed by atoms with Crippen LogP contribution in [-0.2, 0) is 22.6 Å². The first-order chi connectivity index (χ1) is 15.9. The molecule has 0 saturated heterocycles. The number of aromatic nitrogens is 2. The molecule has 1 N–H and O–H groups in total. The van der Waals surface area contributed by atoms with Gasteiger partial charge in [-0.1, -0.05) is 0 Å². The molecule has 1 aromatic carbocycles. The minimum absolute atomic E-state index is 0.0311. The van der Waals surface area contributed by atoms with Crippen LogP contribution in [-0.4, -0.2) is 47.6 Å². The number of benzene rings is 1. The van der Waals surface area contributed by atoms with Crippen LogP contribution in [0.2, 0.25) is 0 Å². The van der Waals surface area contributed by atoms with Crippen molar-refractivity contribution < 1.29 is 27.1 Å². The van der Waals surface area contributed by atoms with Crippen LogP contribution in [0.3, 0.4) is 0 Å². The monoisotopic (exact) mass is 486 g/mol. The van der Waals surface area contributed by atoms with E-state index in [1.807, 2.05) is 0 Å². The average molecular weight is 486 g/mol. The van der Waals surface area contributed by atoms with Crippen molar-refractivity contribution >= 4 is 38.7 Å². The molecule has 0 spiro atoms. The molecule has 0 aliphatic carbocycles. The molecule has 2 aliphatic heterocycles. The molecule has 0 fully saturated rings. The summed E-state index contributed by atoms with van der Waals surface area (Å²) in [4.78, 5) is 34.0. The molecule has 0 unspecified atom stereocenters. The van der Waals surface area contributed by atoms with E-state index in [4.69, 9.17) is 0 Å². The number of hydrogen-bond donors (Lipinski definition) is 1. The van der Waals surface area contributed by atoms with Crippen molar-refractivity contribution in [2.24, 2.45) is 12.0 Å². The highest BCUT2D eigenvalue weighted by atomic mass is 32.2. The van der Waals surface area contributed by atoms with E-state index in [1.165, 1.54) is 34.8 Å². The van der Waals surface area contributed by atoms with E-state index in [1.54, 1.807) is 0 Å². The van der Waals surface area contributed by atoms with Crippen molar-refractivity contribution in [2.75, 3.05) is 17.7 Å². The standard InChI is InChI=1S/C22H16F2N4O5S/c1-27-7-14-13-3-10(9-34(2,32)33)12(22(30)31)5-17(13)28(20-15(24)4-11(23)6-25-20)8-16-18(14)19(26-16)21(27)29/h3-7H,8-9H2,1-2H3,(H,30,31). The number of aromatic carboxylic acids is 1. The van der Waals surface area contributed by atoms with Crippen molar-refractivity contribution in [1.29, 1.82) is 0 Å². The molecule has 0 atom stereocenters. The van der Waals surface area contributed by atoms with E-state index >= 15 is 0 Å². The summed E-state index contributed by atoms with van der Waals surface area (Å²) in [5.41, 5.74) is 1.62. The number of sulfone groups is 1. The van der Waals surface area contributed by atoms with Gasteiger partial charge in [-0.05, 0) is 17.7 Å². The summed E-state index contributed by atoms with van der Waals surface area (Å²) in [5, 5.41) is 9.80. The van der Waals surface area contributed by atoms with E-state index in [-0.39, 0.29) is 40.4 Å². The maximum Gasteiger partial charge on any atom is 0.336 e. The molecule has 2 aliphatic rings. The van der Waals surface area contributed by atoms with Crippen LogP contribution in [0.5, 0.6) is 0 Å². The van der Waals surface area contributed by atoms with Gasteiger partial charge in [0, 0.05) is 42.3 Å². The van der Waals surface area contributed by atoms with E-state index in [2.05, 4.69) is 9.98 Å². The Morgan fingerprint density at radius 3 is 2.59 bits per heavy atom. The number of carboxylic acids is 1. The predicted molar refractivity (Wildman–Crippen MR) is 120 cm³/mol. The normalized spacial score (nSPS) is 14.0. The number of nitrogens with zero attached hydrogens (tertiary/aromatic N) is 4. The van der Waals surface area contributed by atoms with Gasteiger partial charge in [-0.2, -0.15) is 0 Å². The topological polar surface area (TPSA) is 122 Å². The fraction of sp³-hybridized carbons (Fsp3) is 0.182. The fourth-order valence-electron chi connectivity index (χ4n) is 4.27. The lowest BCUT2D eigenvalue weighted by atomic mass is 9.92. The van der Waals surface area contributed by atoms with Gasteiger partial charge in [0.15, 0.2) is 21.5 Å². The smallest absolute Gasteiger partial charge is 0.336 e. The molecule has 0 bridgehead atoms. The number of rotatable bonds is 4. The zero-order valence-electron chi connectivity index (χ0n) is 17.8. The second-order valence-corrected chi connectivity index (χ2v) is 10.3. The molecule has 2 aromatic heterocycles. The van der Waals surface area contributed by atoms with Gasteiger partial charge in [0.25, 0.3) is 5.56 Å². The van der Waals surface area contributed by atoms with E-state index in [0.29, 0.717) is 28.5 Å². The summed E-state index contributed by atoms with van der Waals surface area (Å²) < 4.78 is 53.7. The quantitative estimate of drug-likeness (QED) is 0.601. The van der Waals surface area contributed by atoms with Crippen molar-refractivity contribution in [1.82, 2.24) is 9.55 Å². The molecule has 3 aromatic rings. The Morgan fingerprint density at radius 2 is 1.94 bits per heavy atom. The van der Waals surface area contributed by atoms with Crippen LogP contribution in [0, 0.1) is 11.6 Å². The van der Waals surface area contributed by atoms with Gasteiger partial charge < -0.3 is 14.6 Å². The second-order valence-electron chi connectivity index (χ2n) is 8.19. The van der Waals surface area contributed by atoms with Gasteiger partial charge >= 0.3 is 5.97 Å². The minimum Gasteiger partial charge on any atom is -0.478 e. The van der Waals surface area contributed by atoms with Gasteiger partial charge in [0.1, 0.15) is 11.5 Å². The Kier molecular flexibility index (Phi) is 4.69. The lowest BCUT2D eigenvalue weighted by Gasteiger charge is -2.26. The van der Waals surface area contributed by atoms with Crippen LogP contribution in [0.15, 0.2) is 40.4 Å². The first kappa shape index (κ1) is 21.9. The zero-order chi connectivity index (χ0) is 24.5. The Morgan fingerprint density at radius 1 is 1.21 bits per heavy atom. The summed E-state index contributed by atoms with van der Waals surface area (Å²) in [6.07, 6.45) is 3.35. The SMILES string of the molecule is Cn1cc2c3c(c1=O)N=C3CN(c1ncc(F)cc1F)c1cc(C(=O)O)c(CS(C)(=O)=O)cc1-2. The lowest BCUT2D eigenvalue weighted by Crippen LogP contribution is -2.31. The highest BCUT2D eigenvalue weighted by Gasteiger charge is 2.36. The maximum absolute atomic E-state index is 14.8. The molecule has 5 rings (SSSR count). The van der Waals surface area contributed by atoms with Crippen LogP contribution in [0.25, 0.3) is 11.1 Å². The van der Waals surface area contributed by atoms with Crippen molar-refractivity contribution in [3.05, 3.63) is 69.3 Å². The molecular formula is C22H16F2N4O5S. The molecule has 0 saturated carbocycles. The first-order valence-corrected chi connectivity index (χ1v) is 12.0. The Balaban J connectivity index is 1.86. The molecule has 34 heavy (non-hydrogen) atoms. The molecule has 12 heteroatoms. The highest BCUT2D eigenvalue weighted by molar-refractivity contribution is 7.89. The number of aliphatic imine (C=N–C) groups is 1. The third-order valence-electron chi connectivity index (χ3n) is 5.69. The molecule has 174 valence electrons. The van der Waals surface area contributed by atoms with Gasteiger partial charge in [0.05, 0.1) is 35.5 Å². The zero-order valence-corrected chi connectivity index (χ0v) is 18.7. The largest absolute Gasteiger partial charge is 0.478 e. The van der Waals surface area contributed by atoms with Gasteiger partial charge in [0.2, 0.25) is 0 Å². The number of fused-ring (bicyclic) bond motifs is 2. The van der Waals surface area contributed by atoms with Crippen molar-refractivity contribution in [2.45, 2.75) is 5.75 Å².